The van der Waals surface area contributed by atoms with Gasteiger partial charge in [0.05, 0.1) is 0 Å². The summed E-state index contributed by atoms with van der Waals surface area (Å²) >= 11 is 1.70. The van der Waals surface area contributed by atoms with E-state index in [1.54, 1.807) is 27.6 Å². The summed E-state index contributed by atoms with van der Waals surface area (Å²) in [7, 11) is 1.83. The Morgan fingerprint density at radius 1 is 1.67 bits per heavy atom. The van der Waals surface area contributed by atoms with Crippen LogP contribution in [-0.2, 0) is 0 Å². The van der Waals surface area contributed by atoms with Gasteiger partial charge in [0, 0.05) is 35.7 Å². The van der Waals surface area contributed by atoms with Gasteiger partial charge in [-0.3, -0.25) is 10.2 Å². The van der Waals surface area contributed by atoms with Gasteiger partial charge in [-0.2, -0.15) is 0 Å². The smallest absolute Gasteiger partial charge is 0.280 e. The average Bonchev–Trinajstić information content (AvgIpc) is 1.63. The molecule has 54 valence electrons. The number of hydrogen-bond acceptors (Lipinski definition) is 2. The lowest BCUT2D eigenvalue weighted by atomic mass is 10.4. The molecule has 0 unspecified atom stereocenters. The van der Waals surface area contributed by atoms with Gasteiger partial charge in [0.15, 0.2) is 0 Å². The number of carbonyl (C=O) groups is 1. The van der Waals surface area contributed by atoms with E-state index >= 15 is 0 Å². The van der Waals surface area contributed by atoms with Gasteiger partial charge in [-0.15, -0.1) is 0 Å². The highest BCUT2D eigenvalue weighted by Gasteiger charge is 2.02. The Morgan fingerprint density at radius 3 is 2.22 bits per heavy atom. The highest BCUT2D eigenvalue weighted by Crippen LogP contribution is 1.90. The summed E-state index contributed by atoms with van der Waals surface area (Å²) in [6.45, 7) is 4.01. The molecule has 0 saturated heterocycles. The molecule has 0 heterocycles. The molecular formula is C5H11IN2O. The topological polar surface area (TPSA) is 32.3 Å². The van der Waals surface area contributed by atoms with Crippen molar-refractivity contribution >= 4 is 26.5 Å². The zero-order valence-corrected chi connectivity index (χ0v) is 7.97. The van der Waals surface area contributed by atoms with Crippen LogP contribution in [0.4, 0.5) is 4.79 Å². The first-order valence-electron chi connectivity index (χ1n) is 2.73. The minimum absolute atomic E-state index is 0.0520. The van der Waals surface area contributed by atoms with Crippen molar-refractivity contribution in [2.75, 3.05) is 7.05 Å². The zero-order chi connectivity index (χ0) is 7.44. The molecule has 0 rings (SSSR count). The minimum Gasteiger partial charge on any atom is -0.280 e. The molecule has 0 fully saturated rings. The molecule has 0 bridgehead atoms. The molecule has 0 aromatic rings. The lowest BCUT2D eigenvalue weighted by molar-refractivity contribution is 0.194. The lowest BCUT2D eigenvalue weighted by Gasteiger charge is -2.19. The third kappa shape index (κ3) is 4.65. The SMILES string of the molecule is CC(C)N(C)NC(=O)I. The van der Waals surface area contributed by atoms with Crippen molar-refractivity contribution in [2.45, 2.75) is 19.9 Å². The number of nitrogens with one attached hydrogen (secondary N) is 1. The molecule has 0 aliphatic carbocycles. The minimum atomic E-state index is -0.0520. The van der Waals surface area contributed by atoms with Crippen LogP contribution in [-0.4, -0.2) is 22.0 Å². The average molecular weight is 242 g/mol. The van der Waals surface area contributed by atoms with Crippen molar-refractivity contribution in [3.63, 3.8) is 0 Å². The Hall–Kier alpha value is 0.160. The van der Waals surface area contributed by atoms with Crippen LogP contribution >= 0.6 is 22.6 Å². The van der Waals surface area contributed by atoms with Gasteiger partial charge in [-0.1, -0.05) is 0 Å². The molecular weight excluding hydrogens is 231 g/mol. The van der Waals surface area contributed by atoms with E-state index in [0.717, 1.165) is 0 Å². The maximum absolute atomic E-state index is 10.4. The standard InChI is InChI=1S/C5H11IN2O/c1-4(2)8(3)7-5(6)9/h4H,1-3H3,(H,7,9). The van der Waals surface area contributed by atoms with Gasteiger partial charge < -0.3 is 0 Å². The Labute approximate surface area is 68.9 Å². The molecule has 0 aliphatic heterocycles. The summed E-state index contributed by atoms with van der Waals surface area (Å²) in [5.41, 5.74) is 2.62. The van der Waals surface area contributed by atoms with E-state index in [1.807, 2.05) is 20.9 Å². The van der Waals surface area contributed by atoms with Crippen molar-refractivity contribution in [3.05, 3.63) is 0 Å². The Morgan fingerprint density at radius 2 is 2.11 bits per heavy atom. The maximum Gasteiger partial charge on any atom is 0.294 e. The van der Waals surface area contributed by atoms with Gasteiger partial charge in [-0.05, 0) is 13.8 Å². The third-order valence-corrected chi connectivity index (χ3v) is 1.28. The van der Waals surface area contributed by atoms with Crippen molar-refractivity contribution in [1.29, 1.82) is 0 Å². The number of carbonyl (C=O) groups excluding carboxylic acids is 1. The van der Waals surface area contributed by atoms with E-state index in [9.17, 15) is 4.79 Å². The second kappa shape index (κ2) is 4.05. The van der Waals surface area contributed by atoms with E-state index in [0.29, 0.717) is 6.04 Å². The summed E-state index contributed by atoms with van der Waals surface area (Å²) in [5, 5.41) is 1.76. The third-order valence-electron chi connectivity index (χ3n) is 1.04. The van der Waals surface area contributed by atoms with E-state index in [1.165, 1.54) is 0 Å². The lowest BCUT2D eigenvalue weighted by Crippen LogP contribution is -2.40. The van der Waals surface area contributed by atoms with Crippen molar-refractivity contribution in [2.24, 2.45) is 0 Å². The van der Waals surface area contributed by atoms with Crippen LogP contribution in [0.5, 0.6) is 0 Å². The summed E-state index contributed by atoms with van der Waals surface area (Å²) in [5.74, 6) is 0. The van der Waals surface area contributed by atoms with E-state index < -0.39 is 0 Å². The molecule has 1 N–H and O–H groups in total. The van der Waals surface area contributed by atoms with Gasteiger partial charge >= 0.3 is 0 Å². The van der Waals surface area contributed by atoms with Crippen LogP contribution in [0.1, 0.15) is 13.8 Å². The van der Waals surface area contributed by atoms with Crippen LogP contribution in [0.2, 0.25) is 0 Å². The zero-order valence-electron chi connectivity index (χ0n) is 5.81. The number of hydrazine groups is 1. The van der Waals surface area contributed by atoms with Crippen LogP contribution in [0.15, 0.2) is 0 Å². The van der Waals surface area contributed by atoms with E-state index in [2.05, 4.69) is 5.43 Å². The first-order valence-corrected chi connectivity index (χ1v) is 3.81. The molecule has 0 aliphatic rings. The number of nitrogens with zero attached hydrogens (tertiary/aromatic N) is 1. The fraction of sp³-hybridized carbons (Fsp3) is 0.800. The molecule has 9 heavy (non-hydrogen) atoms. The highest BCUT2D eigenvalue weighted by atomic mass is 127. The van der Waals surface area contributed by atoms with Crippen molar-refractivity contribution in [3.8, 4) is 0 Å². The fourth-order valence-corrected chi connectivity index (χ4v) is 0.648. The molecule has 1 amide bonds. The van der Waals surface area contributed by atoms with Gasteiger partial charge in [0.25, 0.3) is 3.91 Å². The molecule has 0 saturated carbocycles. The van der Waals surface area contributed by atoms with E-state index in [4.69, 9.17) is 0 Å². The number of hydrogen-bond donors (Lipinski definition) is 1. The van der Waals surface area contributed by atoms with Gasteiger partial charge in [0.2, 0.25) is 0 Å². The van der Waals surface area contributed by atoms with Crippen LogP contribution in [0, 0.1) is 0 Å². The second-order valence-corrected chi connectivity index (χ2v) is 3.07. The van der Waals surface area contributed by atoms with Gasteiger partial charge in [-0.25, -0.2) is 5.01 Å². The number of rotatable bonds is 2. The first kappa shape index (κ1) is 9.16. The fourth-order valence-electron chi connectivity index (χ4n) is 0.268. The summed E-state index contributed by atoms with van der Waals surface area (Å²) in [6.07, 6.45) is 0. The molecule has 0 aromatic carbocycles. The molecule has 0 spiro atoms. The maximum atomic E-state index is 10.4. The Balaban J connectivity index is 3.50. The summed E-state index contributed by atoms with van der Waals surface area (Å²) in [4.78, 5) is 10.4. The summed E-state index contributed by atoms with van der Waals surface area (Å²) < 4.78 is -0.0520. The molecule has 0 atom stereocenters. The summed E-state index contributed by atoms with van der Waals surface area (Å²) in [6, 6.07) is 0.351. The Bertz CT molecular complexity index is 105. The van der Waals surface area contributed by atoms with Crippen LogP contribution < -0.4 is 5.43 Å². The normalized spacial score (nSPS) is 10.4. The van der Waals surface area contributed by atoms with Crippen molar-refractivity contribution in [1.82, 2.24) is 10.4 Å². The quantitative estimate of drug-likeness (QED) is 0.343. The highest BCUT2D eigenvalue weighted by molar-refractivity contribution is 14.1. The molecule has 3 nitrogen and oxygen atoms in total. The van der Waals surface area contributed by atoms with E-state index in [-0.39, 0.29) is 3.91 Å². The molecule has 0 aromatic heterocycles. The van der Waals surface area contributed by atoms with Gasteiger partial charge in [0.1, 0.15) is 0 Å². The molecule has 4 heteroatoms. The number of halogens is 1. The second-order valence-electron chi connectivity index (χ2n) is 2.09. The Kier molecular flexibility index (Phi) is 4.12. The first-order chi connectivity index (χ1) is 4.04. The van der Waals surface area contributed by atoms with Crippen molar-refractivity contribution < 1.29 is 4.79 Å². The largest absolute Gasteiger partial charge is 0.294 e. The van der Waals surface area contributed by atoms with Crippen LogP contribution in [0.3, 0.4) is 0 Å². The monoisotopic (exact) mass is 242 g/mol. The number of amides is 1. The molecule has 0 radical (unpaired) electrons. The predicted molar refractivity (Wildman–Crippen MR) is 45.5 cm³/mol. The predicted octanol–water partition coefficient (Wildman–Crippen LogP) is 1.39. The van der Waals surface area contributed by atoms with Crippen LogP contribution in [0.25, 0.3) is 0 Å².